The van der Waals surface area contributed by atoms with E-state index in [9.17, 15) is 0 Å². The Hall–Kier alpha value is -2.48. The van der Waals surface area contributed by atoms with E-state index in [0.29, 0.717) is 11.8 Å². The molecule has 120 valence electrons. The zero-order valence-electron chi connectivity index (χ0n) is 12.9. The van der Waals surface area contributed by atoms with Crippen molar-refractivity contribution in [2.75, 3.05) is 18.5 Å². The number of rotatable bonds is 4. The fourth-order valence-corrected chi connectivity index (χ4v) is 2.94. The van der Waals surface area contributed by atoms with Gasteiger partial charge < -0.3 is 14.6 Å². The van der Waals surface area contributed by atoms with Crippen LogP contribution in [-0.2, 0) is 11.3 Å². The minimum absolute atomic E-state index is 0.389. The van der Waals surface area contributed by atoms with Crippen LogP contribution in [0.15, 0.2) is 23.0 Å². The summed E-state index contributed by atoms with van der Waals surface area (Å²) in [6.07, 6.45) is 5.36. The lowest BCUT2D eigenvalue weighted by atomic mass is 10.1. The van der Waals surface area contributed by atoms with Crippen LogP contribution in [0.5, 0.6) is 0 Å². The molecule has 0 aromatic carbocycles. The van der Waals surface area contributed by atoms with Gasteiger partial charge in [0.05, 0.1) is 5.39 Å². The number of anilines is 1. The SMILES string of the molecule is CCn1nc(-c2cnno2)c2c(NC3CCOCC3)ccnc21. The summed E-state index contributed by atoms with van der Waals surface area (Å²) in [5.74, 6) is 0.547. The smallest absolute Gasteiger partial charge is 0.208 e. The molecule has 3 aromatic heterocycles. The number of hydrogen-bond acceptors (Lipinski definition) is 7. The van der Waals surface area contributed by atoms with Crippen molar-refractivity contribution in [3.63, 3.8) is 0 Å². The fourth-order valence-electron chi connectivity index (χ4n) is 2.94. The van der Waals surface area contributed by atoms with Gasteiger partial charge >= 0.3 is 0 Å². The van der Waals surface area contributed by atoms with Crippen molar-refractivity contribution < 1.29 is 9.26 Å². The van der Waals surface area contributed by atoms with Gasteiger partial charge in [0.2, 0.25) is 5.76 Å². The predicted molar refractivity (Wildman–Crippen MR) is 84.0 cm³/mol. The topological polar surface area (TPSA) is 90.9 Å². The largest absolute Gasteiger partial charge is 0.381 e. The molecular formula is C15H18N6O2. The summed E-state index contributed by atoms with van der Waals surface area (Å²) in [5.41, 5.74) is 2.55. The molecule has 3 aromatic rings. The molecule has 1 fully saturated rings. The maximum absolute atomic E-state index is 5.43. The van der Waals surface area contributed by atoms with Crippen LogP contribution in [0.3, 0.4) is 0 Å². The van der Waals surface area contributed by atoms with E-state index < -0.39 is 0 Å². The molecule has 8 heteroatoms. The first-order chi connectivity index (χ1) is 11.4. The van der Waals surface area contributed by atoms with E-state index in [1.54, 1.807) is 12.4 Å². The Kier molecular flexibility index (Phi) is 3.66. The lowest BCUT2D eigenvalue weighted by Crippen LogP contribution is -2.27. The lowest BCUT2D eigenvalue weighted by Gasteiger charge is -2.24. The van der Waals surface area contributed by atoms with Gasteiger partial charge in [-0.2, -0.15) is 5.10 Å². The molecule has 0 bridgehead atoms. The first-order valence-corrected chi connectivity index (χ1v) is 7.84. The number of nitrogens with zero attached hydrogens (tertiary/aromatic N) is 5. The summed E-state index contributed by atoms with van der Waals surface area (Å²) in [6, 6.07) is 2.37. The number of hydrogen-bond donors (Lipinski definition) is 1. The molecule has 1 saturated heterocycles. The van der Waals surface area contributed by atoms with Crippen molar-refractivity contribution in [3.05, 3.63) is 18.5 Å². The monoisotopic (exact) mass is 314 g/mol. The second-order valence-electron chi connectivity index (χ2n) is 5.53. The zero-order chi connectivity index (χ0) is 15.6. The molecule has 0 radical (unpaired) electrons. The standard InChI is InChI=1S/C15H18N6O2/c1-2-21-15-13(14(19-21)12-9-17-20-23-12)11(3-6-16-15)18-10-4-7-22-8-5-10/h3,6,9-10H,2,4-5,7-8H2,1H3,(H,16,18). The molecule has 8 nitrogen and oxygen atoms in total. The molecule has 1 aliphatic rings. The second kappa shape index (κ2) is 5.96. The van der Waals surface area contributed by atoms with Crippen molar-refractivity contribution in [1.29, 1.82) is 0 Å². The van der Waals surface area contributed by atoms with Gasteiger partial charge in [0.1, 0.15) is 11.9 Å². The Morgan fingerprint density at radius 1 is 1.35 bits per heavy atom. The Morgan fingerprint density at radius 2 is 2.22 bits per heavy atom. The minimum atomic E-state index is 0.389. The molecule has 23 heavy (non-hydrogen) atoms. The summed E-state index contributed by atoms with van der Waals surface area (Å²) in [7, 11) is 0. The predicted octanol–water partition coefficient (Wildman–Crippen LogP) is 2.09. The Labute approximate surface area is 132 Å². The number of ether oxygens (including phenoxy) is 1. The summed E-state index contributed by atoms with van der Waals surface area (Å²) >= 11 is 0. The van der Waals surface area contributed by atoms with Crippen LogP contribution < -0.4 is 5.32 Å². The van der Waals surface area contributed by atoms with Crippen molar-refractivity contribution in [3.8, 4) is 11.5 Å². The van der Waals surface area contributed by atoms with Crippen molar-refractivity contribution in [2.45, 2.75) is 32.4 Å². The molecule has 0 amide bonds. The van der Waals surface area contributed by atoms with Crippen LogP contribution in [0.1, 0.15) is 19.8 Å². The summed E-state index contributed by atoms with van der Waals surface area (Å²) in [6.45, 7) is 4.35. The third-order valence-corrected chi connectivity index (χ3v) is 4.11. The van der Waals surface area contributed by atoms with E-state index in [-0.39, 0.29) is 0 Å². The number of aryl methyl sites for hydroxylation is 1. The number of pyridine rings is 1. The molecular weight excluding hydrogens is 296 g/mol. The van der Waals surface area contributed by atoms with Crippen molar-refractivity contribution >= 4 is 16.7 Å². The molecule has 0 unspecified atom stereocenters. The number of nitrogens with one attached hydrogen (secondary N) is 1. The van der Waals surface area contributed by atoms with Gasteiger partial charge in [-0.05, 0) is 25.8 Å². The Morgan fingerprint density at radius 3 is 2.96 bits per heavy atom. The van der Waals surface area contributed by atoms with Gasteiger partial charge in [0.15, 0.2) is 5.65 Å². The third-order valence-electron chi connectivity index (χ3n) is 4.11. The highest BCUT2D eigenvalue weighted by Crippen LogP contribution is 2.33. The third kappa shape index (κ3) is 2.55. The van der Waals surface area contributed by atoms with Crippen LogP contribution in [0, 0.1) is 0 Å². The Balaban J connectivity index is 1.82. The zero-order valence-corrected chi connectivity index (χ0v) is 12.9. The highest BCUT2D eigenvalue weighted by molar-refractivity contribution is 5.99. The van der Waals surface area contributed by atoms with E-state index in [2.05, 4.69) is 25.8 Å². The fraction of sp³-hybridized carbons (Fsp3) is 0.467. The molecule has 1 aliphatic heterocycles. The van der Waals surface area contributed by atoms with E-state index in [1.807, 2.05) is 17.7 Å². The van der Waals surface area contributed by atoms with Gasteiger partial charge in [-0.1, -0.05) is 0 Å². The van der Waals surface area contributed by atoms with Gasteiger partial charge in [-0.25, -0.2) is 9.67 Å². The highest BCUT2D eigenvalue weighted by Gasteiger charge is 2.21. The second-order valence-corrected chi connectivity index (χ2v) is 5.53. The summed E-state index contributed by atoms with van der Waals surface area (Å²) < 4.78 is 12.5. The van der Waals surface area contributed by atoms with Crippen LogP contribution in [0.25, 0.3) is 22.5 Å². The number of fused-ring (bicyclic) bond motifs is 1. The van der Waals surface area contributed by atoms with Crippen LogP contribution >= 0.6 is 0 Å². The molecule has 0 atom stereocenters. The Bertz CT molecular complexity index is 792. The maximum Gasteiger partial charge on any atom is 0.208 e. The van der Waals surface area contributed by atoms with Gasteiger partial charge in [0.25, 0.3) is 0 Å². The average molecular weight is 314 g/mol. The van der Waals surface area contributed by atoms with E-state index >= 15 is 0 Å². The summed E-state index contributed by atoms with van der Waals surface area (Å²) in [5, 5.41) is 16.5. The normalized spacial score (nSPS) is 16.0. The average Bonchev–Trinajstić information content (AvgIpc) is 3.23. The molecule has 1 N–H and O–H groups in total. The molecule has 4 heterocycles. The van der Waals surface area contributed by atoms with Gasteiger partial charge in [-0.15, -0.1) is 5.10 Å². The van der Waals surface area contributed by atoms with Gasteiger partial charge in [-0.3, -0.25) is 0 Å². The maximum atomic E-state index is 5.43. The lowest BCUT2D eigenvalue weighted by molar-refractivity contribution is 0.0905. The van der Waals surface area contributed by atoms with E-state index in [0.717, 1.165) is 55.0 Å². The number of aromatic nitrogens is 5. The highest BCUT2D eigenvalue weighted by atomic mass is 16.5. The molecule has 4 rings (SSSR count). The quantitative estimate of drug-likeness (QED) is 0.788. The van der Waals surface area contributed by atoms with Crippen LogP contribution in [0.2, 0.25) is 0 Å². The van der Waals surface area contributed by atoms with E-state index in [1.165, 1.54) is 0 Å². The van der Waals surface area contributed by atoms with E-state index in [4.69, 9.17) is 9.26 Å². The van der Waals surface area contributed by atoms with Crippen LogP contribution in [-0.4, -0.2) is 44.4 Å². The van der Waals surface area contributed by atoms with Crippen molar-refractivity contribution in [1.82, 2.24) is 25.1 Å². The molecule has 0 spiro atoms. The first kappa shape index (κ1) is 14.1. The van der Waals surface area contributed by atoms with Gasteiger partial charge in [0, 0.05) is 43.0 Å². The molecule has 0 saturated carbocycles. The first-order valence-electron chi connectivity index (χ1n) is 7.84. The summed E-state index contributed by atoms with van der Waals surface area (Å²) in [4.78, 5) is 4.49. The minimum Gasteiger partial charge on any atom is -0.381 e. The van der Waals surface area contributed by atoms with Crippen LogP contribution in [0.4, 0.5) is 5.69 Å². The molecule has 0 aliphatic carbocycles. The van der Waals surface area contributed by atoms with Crippen molar-refractivity contribution in [2.24, 2.45) is 0 Å².